The van der Waals surface area contributed by atoms with Gasteiger partial charge in [-0.05, 0) is 54.9 Å². The third kappa shape index (κ3) is 5.22. The normalized spacial score (nSPS) is 18.4. The standard InChI is InChI=1S/C20H30O/c1-3-5-6-7-17-8-10-18(11-9-17)19-12-14-20(15-13-19)21-16-4-2/h10,12-15,17H,3-9,11,16H2,1-2H3. The van der Waals surface area contributed by atoms with Gasteiger partial charge in [0.25, 0.3) is 0 Å². The van der Waals surface area contributed by atoms with Gasteiger partial charge in [-0.15, -0.1) is 0 Å². The summed E-state index contributed by atoms with van der Waals surface area (Å²) in [4.78, 5) is 0. The Hall–Kier alpha value is -1.24. The van der Waals surface area contributed by atoms with Gasteiger partial charge < -0.3 is 4.74 Å². The highest BCUT2D eigenvalue weighted by Gasteiger charge is 2.15. The molecule has 21 heavy (non-hydrogen) atoms. The van der Waals surface area contributed by atoms with Crippen molar-refractivity contribution in [3.8, 4) is 5.75 Å². The summed E-state index contributed by atoms with van der Waals surface area (Å²) in [6.45, 7) is 5.23. The minimum absolute atomic E-state index is 0.807. The summed E-state index contributed by atoms with van der Waals surface area (Å²) in [5.41, 5.74) is 2.91. The van der Waals surface area contributed by atoms with Crippen LogP contribution in [-0.4, -0.2) is 6.61 Å². The van der Waals surface area contributed by atoms with E-state index in [1.54, 1.807) is 0 Å². The Morgan fingerprint density at radius 3 is 2.48 bits per heavy atom. The monoisotopic (exact) mass is 286 g/mol. The fraction of sp³-hybridized carbons (Fsp3) is 0.600. The topological polar surface area (TPSA) is 9.23 Å². The number of unbranched alkanes of at least 4 members (excludes halogenated alkanes) is 2. The average molecular weight is 286 g/mol. The van der Waals surface area contributed by atoms with E-state index in [-0.39, 0.29) is 0 Å². The van der Waals surface area contributed by atoms with Crippen LogP contribution in [0, 0.1) is 5.92 Å². The zero-order chi connectivity index (χ0) is 14.9. The van der Waals surface area contributed by atoms with E-state index in [9.17, 15) is 0 Å². The molecule has 1 aromatic rings. The summed E-state index contributed by atoms with van der Waals surface area (Å²) in [5.74, 6) is 1.92. The number of ether oxygens (including phenoxy) is 1. The van der Waals surface area contributed by atoms with Crippen LogP contribution in [0.25, 0.3) is 5.57 Å². The summed E-state index contributed by atoms with van der Waals surface area (Å²) in [7, 11) is 0. The molecule has 1 aliphatic carbocycles. The van der Waals surface area contributed by atoms with Crippen LogP contribution in [0.4, 0.5) is 0 Å². The maximum absolute atomic E-state index is 5.65. The molecule has 0 aromatic heterocycles. The van der Waals surface area contributed by atoms with Crippen molar-refractivity contribution in [2.75, 3.05) is 6.61 Å². The molecule has 0 aliphatic heterocycles. The SMILES string of the molecule is CCCCCC1CC=C(c2ccc(OCCC)cc2)CC1. The molecular formula is C20H30O. The van der Waals surface area contributed by atoms with E-state index >= 15 is 0 Å². The Bertz CT molecular complexity index is 430. The van der Waals surface area contributed by atoms with E-state index in [2.05, 4.69) is 44.2 Å². The van der Waals surface area contributed by atoms with Crippen molar-refractivity contribution in [1.29, 1.82) is 0 Å². The lowest BCUT2D eigenvalue weighted by Gasteiger charge is -2.22. The first-order valence-electron chi connectivity index (χ1n) is 8.75. The van der Waals surface area contributed by atoms with Gasteiger partial charge in [-0.1, -0.05) is 57.7 Å². The van der Waals surface area contributed by atoms with Crippen LogP contribution in [0.5, 0.6) is 5.75 Å². The Labute approximate surface area is 130 Å². The van der Waals surface area contributed by atoms with E-state index in [1.807, 2.05) is 0 Å². The second kappa shape index (κ2) is 8.92. The molecule has 2 rings (SSSR count). The van der Waals surface area contributed by atoms with E-state index in [4.69, 9.17) is 4.74 Å². The van der Waals surface area contributed by atoms with Crippen LogP contribution in [0.3, 0.4) is 0 Å². The smallest absolute Gasteiger partial charge is 0.119 e. The van der Waals surface area contributed by atoms with Crippen LogP contribution in [0.1, 0.15) is 70.8 Å². The molecule has 0 amide bonds. The lowest BCUT2D eigenvalue weighted by molar-refractivity contribution is 0.317. The molecule has 0 saturated heterocycles. The molecule has 0 saturated carbocycles. The fourth-order valence-electron chi connectivity index (χ4n) is 3.08. The zero-order valence-electron chi connectivity index (χ0n) is 13.7. The van der Waals surface area contributed by atoms with Crippen LogP contribution < -0.4 is 4.74 Å². The Morgan fingerprint density at radius 1 is 1.05 bits per heavy atom. The molecule has 0 bridgehead atoms. The van der Waals surface area contributed by atoms with Gasteiger partial charge >= 0.3 is 0 Å². The predicted octanol–water partition coefficient (Wildman–Crippen LogP) is 6.24. The second-order valence-electron chi connectivity index (χ2n) is 6.24. The highest BCUT2D eigenvalue weighted by molar-refractivity contribution is 5.66. The van der Waals surface area contributed by atoms with Gasteiger partial charge in [0.05, 0.1) is 6.61 Å². The van der Waals surface area contributed by atoms with Crippen molar-refractivity contribution < 1.29 is 4.74 Å². The van der Waals surface area contributed by atoms with Crippen LogP contribution in [0.2, 0.25) is 0 Å². The van der Waals surface area contributed by atoms with Gasteiger partial charge in [0.2, 0.25) is 0 Å². The van der Waals surface area contributed by atoms with Gasteiger partial charge in [-0.2, -0.15) is 0 Å². The Kier molecular flexibility index (Phi) is 6.85. The molecule has 1 heteroatoms. The maximum Gasteiger partial charge on any atom is 0.119 e. The molecule has 1 aliphatic rings. The summed E-state index contributed by atoms with van der Waals surface area (Å²) >= 11 is 0. The quantitative estimate of drug-likeness (QED) is 0.514. The number of hydrogen-bond donors (Lipinski definition) is 0. The minimum atomic E-state index is 0.807. The van der Waals surface area contributed by atoms with Crippen LogP contribution >= 0.6 is 0 Å². The molecule has 1 unspecified atom stereocenters. The van der Waals surface area contributed by atoms with Crippen molar-refractivity contribution in [3.05, 3.63) is 35.9 Å². The largest absolute Gasteiger partial charge is 0.494 e. The summed E-state index contributed by atoms with van der Waals surface area (Å²) in [6, 6.07) is 8.65. The van der Waals surface area contributed by atoms with Gasteiger partial charge in [-0.25, -0.2) is 0 Å². The fourth-order valence-corrected chi connectivity index (χ4v) is 3.08. The first kappa shape index (κ1) is 16.1. The second-order valence-corrected chi connectivity index (χ2v) is 6.24. The molecule has 116 valence electrons. The Balaban J connectivity index is 1.85. The van der Waals surface area contributed by atoms with Gasteiger partial charge in [0, 0.05) is 0 Å². The van der Waals surface area contributed by atoms with E-state index < -0.39 is 0 Å². The third-order valence-corrected chi connectivity index (χ3v) is 4.43. The van der Waals surface area contributed by atoms with Crippen molar-refractivity contribution in [2.45, 2.75) is 65.2 Å². The number of rotatable bonds is 8. The van der Waals surface area contributed by atoms with Gasteiger partial charge in [-0.3, -0.25) is 0 Å². The molecular weight excluding hydrogens is 256 g/mol. The summed E-state index contributed by atoms with van der Waals surface area (Å²) in [6.07, 6.45) is 13.0. The highest BCUT2D eigenvalue weighted by Crippen LogP contribution is 2.33. The molecule has 0 heterocycles. The molecule has 1 atom stereocenters. The third-order valence-electron chi connectivity index (χ3n) is 4.43. The molecule has 0 fully saturated rings. The van der Waals surface area contributed by atoms with E-state index in [0.29, 0.717) is 0 Å². The number of hydrogen-bond acceptors (Lipinski definition) is 1. The lowest BCUT2D eigenvalue weighted by atomic mass is 9.84. The Morgan fingerprint density at radius 2 is 1.86 bits per heavy atom. The predicted molar refractivity (Wildman–Crippen MR) is 91.7 cm³/mol. The van der Waals surface area contributed by atoms with E-state index in [0.717, 1.165) is 24.7 Å². The first-order chi connectivity index (χ1) is 10.3. The maximum atomic E-state index is 5.65. The van der Waals surface area contributed by atoms with Crippen LogP contribution in [-0.2, 0) is 0 Å². The highest BCUT2D eigenvalue weighted by atomic mass is 16.5. The molecule has 1 aromatic carbocycles. The van der Waals surface area contributed by atoms with Crippen molar-refractivity contribution in [3.63, 3.8) is 0 Å². The first-order valence-corrected chi connectivity index (χ1v) is 8.75. The van der Waals surface area contributed by atoms with Crippen LogP contribution in [0.15, 0.2) is 30.3 Å². The van der Waals surface area contributed by atoms with Gasteiger partial charge in [0.15, 0.2) is 0 Å². The van der Waals surface area contributed by atoms with E-state index in [1.165, 1.54) is 56.1 Å². The molecule has 0 spiro atoms. The van der Waals surface area contributed by atoms with Crippen molar-refractivity contribution in [2.24, 2.45) is 5.92 Å². The molecule has 0 N–H and O–H groups in total. The van der Waals surface area contributed by atoms with Crippen molar-refractivity contribution >= 4 is 5.57 Å². The molecule has 0 radical (unpaired) electrons. The number of allylic oxidation sites excluding steroid dienone is 2. The van der Waals surface area contributed by atoms with Crippen molar-refractivity contribution in [1.82, 2.24) is 0 Å². The summed E-state index contributed by atoms with van der Waals surface area (Å²) in [5, 5.41) is 0. The summed E-state index contributed by atoms with van der Waals surface area (Å²) < 4.78 is 5.65. The van der Waals surface area contributed by atoms with Gasteiger partial charge in [0.1, 0.15) is 5.75 Å². The lowest BCUT2D eigenvalue weighted by Crippen LogP contribution is -2.05. The average Bonchev–Trinajstić information content (AvgIpc) is 2.54. The molecule has 1 nitrogen and oxygen atoms in total. The zero-order valence-corrected chi connectivity index (χ0v) is 13.7. The number of benzene rings is 1. The minimum Gasteiger partial charge on any atom is -0.494 e.